The van der Waals surface area contributed by atoms with Gasteiger partial charge in [0.2, 0.25) is 11.8 Å². The third-order valence-electron chi connectivity index (χ3n) is 10.6. The van der Waals surface area contributed by atoms with Crippen LogP contribution in [0.2, 0.25) is 0 Å². The molecule has 0 radical (unpaired) electrons. The number of aromatic nitrogens is 1. The molecule has 7 heteroatoms. The van der Waals surface area contributed by atoms with Crippen molar-refractivity contribution in [3.63, 3.8) is 0 Å². The highest BCUT2D eigenvalue weighted by Crippen LogP contribution is 2.51. The van der Waals surface area contributed by atoms with Crippen molar-refractivity contribution in [1.29, 1.82) is 0 Å². The van der Waals surface area contributed by atoms with E-state index in [4.69, 9.17) is 9.72 Å². The Kier molecular flexibility index (Phi) is 8.51. The highest BCUT2D eigenvalue weighted by molar-refractivity contribution is 6.22. The quantitative estimate of drug-likeness (QED) is 0.121. The first kappa shape index (κ1) is 31.7. The van der Waals surface area contributed by atoms with E-state index in [0.29, 0.717) is 25.1 Å². The van der Waals surface area contributed by atoms with Gasteiger partial charge in [0.25, 0.3) is 0 Å². The molecule has 2 saturated heterocycles. The molecule has 2 aliphatic heterocycles. The summed E-state index contributed by atoms with van der Waals surface area (Å²) in [5, 5.41) is 15.6. The predicted octanol–water partition coefficient (Wildman–Crippen LogP) is 8.94. The Morgan fingerprint density at radius 1 is 0.860 bits per heavy atom. The molecule has 7 nitrogen and oxygen atoms in total. The van der Waals surface area contributed by atoms with Crippen molar-refractivity contribution in [2.24, 2.45) is 17.8 Å². The van der Waals surface area contributed by atoms with Crippen molar-refractivity contribution < 1.29 is 19.4 Å². The van der Waals surface area contributed by atoms with E-state index in [1.807, 2.05) is 103 Å². The van der Waals surface area contributed by atoms with E-state index in [1.165, 1.54) is 16.0 Å². The number of rotatable bonds is 9. The lowest BCUT2D eigenvalue weighted by molar-refractivity contribution is -0.122. The summed E-state index contributed by atoms with van der Waals surface area (Å²) in [5.41, 5.74) is 7.91. The van der Waals surface area contributed by atoms with Crippen molar-refractivity contribution >= 4 is 51.3 Å². The average Bonchev–Trinajstić information content (AvgIpc) is 3.69. The lowest BCUT2D eigenvalue weighted by Gasteiger charge is -2.31. The first-order valence-corrected chi connectivity index (χ1v) is 17.5. The molecule has 3 heterocycles. The molecule has 2 N–H and O–H groups in total. The second kappa shape index (κ2) is 13.4. The molecule has 8 rings (SSSR count). The molecule has 2 fully saturated rings. The molecule has 0 saturated carbocycles. The zero-order valence-corrected chi connectivity index (χ0v) is 28.0. The molecule has 0 bridgehead atoms. The lowest BCUT2D eigenvalue weighted by atomic mass is 9.69. The fraction of sp³-hybridized carbons (Fsp3) is 0.233. The summed E-state index contributed by atoms with van der Waals surface area (Å²) in [4.78, 5) is 34.2. The molecule has 1 aromatic heterocycles. The summed E-state index contributed by atoms with van der Waals surface area (Å²) < 4.78 is 6.53. The van der Waals surface area contributed by atoms with Gasteiger partial charge in [-0.25, -0.2) is 0 Å². The largest absolute Gasteiger partial charge is 0.507 e. The van der Waals surface area contributed by atoms with Crippen molar-refractivity contribution in [3.8, 4) is 5.75 Å². The van der Waals surface area contributed by atoms with Crippen LogP contribution in [0.15, 0.2) is 127 Å². The monoisotopic (exact) mass is 661 g/mol. The topological polar surface area (TPSA) is 91.8 Å². The number of phenolic OH excluding ortho intramolecular Hbond substituents is 1. The smallest absolute Gasteiger partial charge is 0.238 e. The number of imide groups is 1. The molecule has 1 aliphatic carbocycles. The molecular weight excluding hydrogens is 622 g/mol. The van der Waals surface area contributed by atoms with Crippen molar-refractivity contribution in [3.05, 3.63) is 138 Å². The van der Waals surface area contributed by atoms with Crippen LogP contribution in [0.5, 0.6) is 5.75 Å². The van der Waals surface area contributed by atoms with Crippen molar-refractivity contribution in [1.82, 2.24) is 4.98 Å². The van der Waals surface area contributed by atoms with Gasteiger partial charge in [-0.2, -0.15) is 0 Å². The maximum Gasteiger partial charge on any atom is 0.238 e. The van der Waals surface area contributed by atoms with Gasteiger partial charge in [0.1, 0.15) is 5.75 Å². The Morgan fingerprint density at radius 3 is 2.36 bits per heavy atom. The Labute approximate surface area is 291 Å². The number of fused-ring (bicyclic) bond motifs is 4. The SMILES string of the molecule is CCC1=C2[C@@H](CC/C(=C/c3ccc(O)c4ccccc34)c3ccccn3)OC[C@@H]2[C@@H]2C(=O)N(c3ccc(Nc4ccccc4)cc3)C(=O)[C@@H]2C1. The molecule has 3 aliphatic rings. The average molecular weight is 662 g/mol. The van der Waals surface area contributed by atoms with E-state index in [0.717, 1.165) is 51.8 Å². The number of phenols is 1. The van der Waals surface area contributed by atoms with Crippen LogP contribution >= 0.6 is 0 Å². The zero-order valence-electron chi connectivity index (χ0n) is 28.0. The van der Waals surface area contributed by atoms with Crippen LogP contribution in [0.25, 0.3) is 22.4 Å². The molecule has 4 atom stereocenters. The van der Waals surface area contributed by atoms with Gasteiger partial charge < -0.3 is 15.2 Å². The molecule has 50 heavy (non-hydrogen) atoms. The van der Waals surface area contributed by atoms with E-state index >= 15 is 0 Å². The number of para-hydroxylation sites is 1. The van der Waals surface area contributed by atoms with Gasteiger partial charge in [0, 0.05) is 28.9 Å². The molecular formula is C43H39N3O4. The number of carbonyl (C=O) groups is 2. The number of aromatic hydroxyl groups is 1. The molecule has 2 amide bonds. The van der Waals surface area contributed by atoms with Crippen LogP contribution in [0, 0.1) is 17.8 Å². The van der Waals surface area contributed by atoms with Crippen LogP contribution in [0.1, 0.15) is 43.9 Å². The highest BCUT2D eigenvalue weighted by atomic mass is 16.5. The molecule has 0 spiro atoms. The van der Waals surface area contributed by atoms with Gasteiger partial charge >= 0.3 is 0 Å². The number of allylic oxidation sites excluding steroid dienone is 2. The minimum absolute atomic E-state index is 0.112. The summed E-state index contributed by atoms with van der Waals surface area (Å²) in [6, 6.07) is 34.9. The van der Waals surface area contributed by atoms with Gasteiger partial charge in [-0.1, -0.05) is 67.1 Å². The molecule has 4 aromatic carbocycles. The number of pyridine rings is 1. The number of amides is 2. The van der Waals surface area contributed by atoms with Crippen molar-refractivity contribution in [2.45, 2.75) is 38.7 Å². The fourth-order valence-corrected chi connectivity index (χ4v) is 8.18. The van der Waals surface area contributed by atoms with Gasteiger partial charge in [0.05, 0.1) is 35.9 Å². The summed E-state index contributed by atoms with van der Waals surface area (Å²) >= 11 is 0. The third-order valence-corrected chi connectivity index (χ3v) is 10.6. The molecule has 0 unspecified atom stereocenters. The highest BCUT2D eigenvalue weighted by Gasteiger charge is 2.57. The van der Waals surface area contributed by atoms with Crippen LogP contribution in [0.4, 0.5) is 17.1 Å². The van der Waals surface area contributed by atoms with Crippen LogP contribution in [-0.4, -0.2) is 34.6 Å². The van der Waals surface area contributed by atoms with Crippen molar-refractivity contribution in [2.75, 3.05) is 16.8 Å². The number of hydrogen-bond donors (Lipinski definition) is 2. The van der Waals surface area contributed by atoms with E-state index < -0.39 is 5.92 Å². The Bertz CT molecular complexity index is 2120. The molecule has 250 valence electrons. The maximum absolute atomic E-state index is 14.1. The van der Waals surface area contributed by atoms with Crippen LogP contribution in [-0.2, 0) is 14.3 Å². The van der Waals surface area contributed by atoms with Gasteiger partial charge in [-0.3, -0.25) is 19.5 Å². The third kappa shape index (κ3) is 5.77. The summed E-state index contributed by atoms with van der Waals surface area (Å²) in [6.45, 7) is 2.57. The molecule has 5 aromatic rings. The van der Waals surface area contributed by atoms with E-state index in [2.05, 4.69) is 18.3 Å². The number of hydrogen-bond acceptors (Lipinski definition) is 6. The standard InChI is InChI=1S/C43H39N3O4/c1-2-27-25-35-41(43(49)46(42(35)48)32-19-17-31(18-20-32)45-30-10-4-3-5-11-30)36-26-50-39(40(27)36)22-16-29(37-14-8-9-23-44-37)24-28-15-21-38(47)34-13-7-6-12-33(28)34/h3-15,17-21,23-24,35-36,39,41,45,47H,2,16,22,25-26H2,1H3/b29-24-/t35-,36+,39-,41-/m1/s1. The number of nitrogens with zero attached hydrogens (tertiary/aromatic N) is 2. The second-order valence-corrected chi connectivity index (χ2v) is 13.4. The zero-order chi connectivity index (χ0) is 34.2. The number of nitrogens with one attached hydrogen (secondary N) is 1. The van der Waals surface area contributed by atoms with Crippen LogP contribution in [0.3, 0.4) is 0 Å². The van der Waals surface area contributed by atoms with Gasteiger partial charge in [0.15, 0.2) is 0 Å². The summed E-state index contributed by atoms with van der Waals surface area (Å²) in [7, 11) is 0. The summed E-state index contributed by atoms with van der Waals surface area (Å²) in [5.74, 6) is -0.889. The normalized spacial score (nSPS) is 21.9. The minimum Gasteiger partial charge on any atom is -0.507 e. The lowest BCUT2D eigenvalue weighted by Crippen LogP contribution is -2.34. The Hall–Kier alpha value is -5.53. The van der Waals surface area contributed by atoms with E-state index in [1.54, 1.807) is 12.3 Å². The Morgan fingerprint density at radius 2 is 1.60 bits per heavy atom. The first-order chi connectivity index (χ1) is 24.5. The van der Waals surface area contributed by atoms with Gasteiger partial charge in [-0.05, 0) is 108 Å². The maximum atomic E-state index is 14.1. The van der Waals surface area contributed by atoms with E-state index in [-0.39, 0.29) is 35.5 Å². The Balaban J connectivity index is 1.04. The van der Waals surface area contributed by atoms with Gasteiger partial charge in [-0.15, -0.1) is 0 Å². The number of benzene rings is 4. The second-order valence-electron chi connectivity index (χ2n) is 13.4. The summed E-state index contributed by atoms with van der Waals surface area (Å²) in [6.07, 6.45) is 6.68. The first-order valence-electron chi connectivity index (χ1n) is 17.5. The number of carbonyl (C=O) groups excluding carboxylic acids is 2. The number of ether oxygens (including phenoxy) is 1. The number of anilines is 3. The minimum atomic E-state index is -0.422. The van der Waals surface area contributed by atoms with E-state index in [9.17, 15) is 14.7 Å². The fourth-order valence-electron chi connectivity index (χ4n) is 8.18. The predicted molar refractivity (Wildman–Crippen MR) is 198 cm³/mol. The van der Waals surface area contributed by atoms with Crippen LogP contribution < -0.4 is 10.2 Å².